The second-order valence-electron chi connectivity index (χ2n) is 22.8. The molecular formula is C83H56N4O20. The van der Waals surface area contributed by atoms with Crippen molar-refractivity contribution < 1.29 is 95.4 Å². The molecular weight excluding hydrogens is 1370 g/mol. The molecule has 0 atom stereocenters. The van der Waals surface area contributed by atoms with Gasteiger partial charge in [-0.25, -0.2) is 19.2 Å². The number of carbonyl (C=O) groups excluding carboxylic acids is 12. The minimum atomic E-state index is -0.688. The molecule has 0 radical (unpaired) electrons. The van der Waals surface area contributed by atoms with Gasteiger partial charge in [-0.15, -0.1) is 0 Å². The van der Waals surface area contributed by atoms with Crippen molar-refractivity contribution in [2.24, 2.45) is 0 Å². The molecule has 0 fully saturated rings. The average molecular weight is 1430 g/mol. The molecule has 0 heterocycles. The van der Waals surface area contributed by atoms with Crippen LogP contribution < -0.4 is 59.2 Å². The number of anilines is 4. The Kier molecular flexibility index (Phi) is 24.0. The van der Waals surface area contributed by atoms with Crippen LogP contribution in [0, 0.1) is 0 Å². The largest absolute Gasteiger partial charge is 0.429 e. The predicted octanol–water partition coefficient (Wildman–Crippen LogP) is 14.1. The highest BCUT2D eigenvalue weighted by molar-refractivity contribution is 6.08. The number of nitrogens with one attached hydrogen (secondary N) is 4. The van der Waals surface area contributed by atoms with E-state index in [1.54, 1.807) is 194 Å². The first-order chi connectivity index (χ1) is 52.0. The molecule has 0 aliphatic carbocycles. The fourth-order valence-electron chi connectivity index (χ4n) is 10.3. The monoisotopic (exact) mass is 1430 g/mol. The van der Waals surface area contributed by atoms with Gasteiger partial charge >= 0.3 is 23.9 Å². The van der Waals surface area contributed by atoms with E-state index in [9.17, 15) is 57.5 Å². The van der Waals surface area contributed by atoms with Gasteiger partial charge in [0.2, 0.25) is 5.91 Å². The van der Waals surface area contributed by atoms with Gasteiger partial charge < -0.3 is 59.2 Å². The van der Waals surface area contributed by atoms with Gasteiger partial charge in [-0.1, -0.05) is 66.7 Å². The fraction of sp³-hybridized carbons (Fsp3) is 0.0120. The summed E-state index contributed by atoms with van der Waals surface area (Å²) in [5, 5.41) is 12.3. The maximum atomic E-state index is 13.0. The number of hydrogen-bond acceptors (Lipinski definition) is 20. The summed E-state index contributed by atoms with van der Waals surface area (Å²) in [5.74, 6) is -1.83. The van der Waals surface area contributed by atoms with Crippen molar-refractivity contribution in [1.82, 2.24) is 0 Å². The summed E-state index contributed by atoms with van der Waals surface area (Å²) in [6, 6.07) is 73.3. The van der Waals surface area contributed by atoms with Crippen molar-refractivity contribution in [3.63, 3.8) is 0 Å². The highest BCUT2D eigenvalue weighted by atomic mass is 16.6. The second kappa shape index (κ2) is 35.2. The molecule has 0 bridgehead atoms. The molecule has 12 aromatic carbocycles. The van der Waals surface area contributed by atoms with Gasteiger partial charge in [0.1, 0.15) is 46.0 Å². The van der Waals surface area contributed by atoms with Crippen LogP contribution in [0.25, 0.3) is 21.9 Å². The molecule has 4 N–H and O–H groups in total. The number of amides is 4. The molecule has 0 aliphatic rings. The summed E-state index contributed by atoms with van der Waals surface area (Å²) in [4.78, 5) is 145. The lowest BCUT2D eigenvalue weighted by atomic mass is 10.1. The van der Waals surface area contributed by atoms with E-state index >= 15 is 0 Å². The Bertz CT molecular complexity index is 5160. The number of rotatable bonds is 26. The van der Waals surface area contributed by atoms with Crippen molar-refractivity contribution in [2.45, 2.75) is 6.42 Å². The molecule has 4 amide bonds. The number of hydrogen-bond donors (Lipinski definition) is 4. The Labute approximate surface area is 607 Å². The third-order valence-electron chi connectivity index (χ3n) is 15.5. The maximum absolute atomic E-state index is 13.0. The van der Waals surface area contributed by atoms with Crippen LogP contribution in [-0.4, -0.2) is 73.4 Å². The Balaban J connectivity index is 0.000000214. The highest BCUT2D eigenvalue weighted by Crippen LogP contribution is 2.30. The zero-order valence-corrected chi connectivity index (χ0v) is 55.7. The number of fused-ring (bicyclic) bond motifs is 1. The Morgan fingerprint density at radius 1 is 0.252 bits per heavy atom. The Morgan fingerprint density at radius 3 is 0.850 bits per heavy atom. The number of benzene rings is 12. The predicted molar refractivity (Wildman–Crippen MR) is 390 cm³/mol. The Morgan fingerprint density at radius 2 is 0.514 bits per heavy atom. The standard InChI is InChI=1S/C43H30N2O10.C40H26N2O10/c46-26-52-36-15-7-29(8-16-36)30-9-17-38(18-10-30)54-42(50)32-5-1-3-28(23-32)24-40(48)44-34-13-21-39(22-14-34)55-43(51)33-6-2-4-31(25-33)41(49)45-35-11-19-37(20-12-35)53-27-47;43-23-49-33-15-9-31(10-16-33)41-37(45)27-3-1-5-29(19-27)39(47)51-35-13-7-26-22-36(14-8-25(26)21-35)52-40(48)30-6-2-4-28(20-30)38(46)42-32-11-17-34(18-12-32)50-24-44/h1-23,25-27H,24H2,(H,44,48)(H,45,49);1-24H,(H,41,45)(H,42,46). The highest BCUT2D eigenvalue weighted by Gasteiger charge is 2.19. The van der Waals surface area contributed by atoms with E-state index in [1.807, 2.05) is 0 Å². The van der Waals surface area contributed by atoms with E-state index in [4.69, 9.17) is 37.9 Å². The van der Waals surface area contributed by atoms with E-state index in [0.29, 0.717) is 93.7 Å². The number of carbonyl (C=O) groups is 12. The van der Waals surface area contributed by atoms with E-state index in [1.165, 1.54) is 84.9 Å². The average Bonchev–Trinajstić information content (AvgIpc) is 0.800. The summed E-state index contributed by atoms with van der Waals surface area (Å²) in [6.07, 6.45) is -0.0208. The quantitative estimate of drug-likeness (QED) is 0.0222. The van der Waals surface area contributed by atoms with Crippen molar-refractivity contribution in [1.29, 1.82) is 0 Å². The topological polar surface area (TPSA) is 327 Å². The third kappa shape index (κ3) is 20.4. The van der Waals surface area contributed by atoms with Gasteiger partial charge in [-0.3, -0.25) is 38.4 Å². The molecule has 107 heavy (non-hydrogen) atoms. The van der Waals surface area contributed by atoms with Crippen LogP contribution in [0.3, 0.4) is 0 Å². The first kappa shape index (κ1) is 72.8. The zero-order chi connectivity index (χ0) is 75.0. The van der Waals surface area contributed by atoms with Crippen LogP contribution in [0.1, 0.15) is 78.1 Å². The van der Waals surface area contributed by atoms with Crippen LogP contribution >= 0.6 is 0 Å². The smallest absolute Gasteiger partial charge is 0.343 e. The molecule has 24 heteroatoms. The van der Waals surface area contributed by atoms with Crippen molar-refractivity contribution in [3.05, 3.63) is 324 Å². The molecule has 0 aliphatic heterocycles. The van der Waals surface area contributed by atoms with Crippen LogP contribution in [0.15, 0.2) is 279 Å². The fourth-order valence-corrected chi connectivity index (χ4v) is 10.3. The van der Waals surface area contributed by atoms with Gasteiger partial charge in [-0.2, -0.15) is 0 Å². The van der Waals surface area contributed by atoms with E-state index in [0.717, 1.165) is 11.1 Å². The summed E-state index contributed by atoms with van der Waals surface area (Å²) in [5.41, 5.74) is 5.62. The minimum absolute atomic E-state index is 0.0208. The number of esters is 4. The molecule has 528 valence electrons. The first-order valence-corrected chi connectivity index (χ1v) is 32.1. The Hall–Kier alpha value is -15.5. The molecule has 24 nitrogen and oxygen atoms in total. The molecule has 0 saturated carbocycles. The van der Waals surface area contributed by atoms with Gasteiger partial charge in [0.25, 0.3) is 43.6 Å². The van der Waals surface area contributed by atoms with Gasteiger partial charge in [0.05, 0.1) is 28.7 Å². The van der Waals surface area contributed by atoms with E-state index in [-0.39, 0.29) is 68.5 Å². The van der Waals surface area contributed by atoms with Gasteiger partial charge in [0, 0.05) is 39.4 Å². The summed E-state index contributed by atoms with van der Waals surface area (Å²) in [6.45, 7) is 1.28. The third-order valence-corrected chi connectivity index (χ3v) is 15.5. The van der Waals surface area contributed by atoms with E-state index < -0.39 is 41.6 Å². The number of ether oxygens (including phenoxy) is 8. The molecule has 0 spiro atoms. The first-order valence-electron chi connectivity index (χ1n) is 32.1. The van der Waals surface area contributed by atoms with Crippen LogP contribution in [0.4, 0.5) is 22.7 Å². The lowest BCUT2D eigenvalue weighted by molar-refractivity contribution is -0.121. The minimum Gasteiger partial charge on any atom is -0.429 e. The van der Waals surface area contributed by atoms with E-state index in [2.05, 4.69) is 21.3 Å². The van der Waals surface area contributed by atoms with Crippen molar-refractivity contribution in [2.75, 3.05) is 21.3 Å². The summed E-state index contributed by atoms with van der Waals surface area (Å²) in [7, 11) is 0. The normalized spacial score (nSPS) is 10.4. The molecule has 0 unspecified atom stereocenters. The molecule has 0 saturated heterocycles. The van der Waals surface area contributed by atoms with Crippen LogP contribution in [-0.2, 0) is 30.4 Å². The van der Waals surface area contributed by atoms with Gasteiger partial charge in [0.15, 0.2) is 0 Å². The molecule has 0 aromatic heterocycles. The lowest BCUT2D eigenvalue weighted by Gasteiger charge is -2.10. The summed E-state index contributed by atoms with van der Waals surface area (Å²) >= 11 is 0. The zero-order valence-electron chi connectivity index (χ0n) is 55.7. The van der Waals surface area contributed by atoms with Crippen LogP contribution in [0.2, 0.25) is 0 Å². The van der Waals surface area contributed by atoms with Crippen LogP contribution in [0.5, 0.6) is 46.0 Å². The van der Waals surface area contributed by atoms with Crippen molar-refractivity contribution in [3.8, 4) is 57.1 Å². The maximum Gasteiger partial charge on any atom is 0.343 e. The second-order valence-corrected chi connectivity index (χ2v) is 22.8. The van der Waals surface area contributed by atoms with Gasteiger partial charge in [-0.05, 0) is 240 Å². The summed E-state index contributed by atoms with van der Waals surface area (Å²) < 4.78 is 41.3. The van der Waals surface area contributed by atoms with Crippen molar-refractivity contribution >= 4 is 107 Å². The molecule has 12 rings (SSSR count). The lowest BCUT2D eigenvalue weighted by Crippen LogP contribution is -2.15. The molecule has 12 aromatic rings. The SMILES string of the molecule is O=COc1ccc(NC(=O)c2cccc(C(=O)Oc3ccc(NC(=O)Cc4cccc(C(=O)Oc5ccc(-c6ccc(OC=O)cc6)cc5)c4)cc3)c2)cc1.O=COc1ccc(NC(=O)c2cccc(C(=O)Oc3ccc4cc(OC(=O)c5cccc(C(=O)Nc6ccc(OC=O)cc6)c5)ccc4c3)c2)cc1.